The molecule has 11 heteroatoms. The van der Waals surface area contributed by atoms with Crippen LogP contribution in [0.3, 0.4) is 0 Å². The highest BCUT2D eigenvalue weighted by Gasteiger charge is 2.27. The number of likely N-dealkylation sites (tertiary alicyclic amines) is 1. The Labute approximate surface area is 239 Å². The van der Waals surface area contributed by atoms with E-state index in [0.29, 0.717) is 34.8 Å². The molecule has 2 fully saturated rings. The van der Waals surface area contributed by atoms with Crippen LogP contribution >= 0.6 is 0 Å². The molecular weight excluding hydrogens is 522 g/mol. The number of aliphatic hydroxyl groups excluding tert-OH is 1. The number of rotatable bonds is 10. The van der Waals surface area contributed by atoms with Gasteiger partial charge in [-0.05, 0) is 56.5 Å². The van der Waals surface area contributed by atoms with E-state index >= 15 is 0 Å². The molecule has 216 valence electrons. The average molecular weight is 560 g/mol. The maximum absolute atomic E-state index is 9.98. The zero-order valence-corrected chi connectivity index (χ0v) is 23.8. The molecule has 2 saturated heterocycles. The third-order valence-electron chi connectivity index (χ3n) is 7.98. The smallest absolute Gasteiger partial charge is 0.228 e. The van der Waals surface area contributed by atoms with Crippen LogP contribution in [0, 0.1) is 0 Å². The Balaban J connectivity index is 1.35. The quantitative estimate of drug-likeness (QED) is 0.294. The minimum Gasteiger partial charge on any atom is -0.493 e. The van der Waals surface area contributed by atoms with Gasteiger partial charge in [0.15, 0.2) is 11.5 Å². The molecule has 2 N–H and O–H groups in total. The SMILES string of the molecule is COc1cc(-n2cnc(Nc3nc(N4CCC[C@H]4CO)nc4cc(CN5CCCC5)ccc34)c2)cc(OC)c1OC. The summed E-state index contributed by atoms with van der Waals surface area (Å²) in [4.78, 5) is 19.1. The third-order valence-corrected chi connectivity index (χ3v) is 7.98. The fourth-order valence-electron chi connectivity index (χ4n) is 5.84. The van der Waals surface area contributed by atoms with Crippen molar-refractivity contribution in [3.8, 4) is 22.9 Å². The van der Waals surface area contributed by atoms with Crippen molar-refractivity contribution in [3.05, 3.63) is 48.4 Å². The molecule has 1 atom stereocenters. The molecule has 0 radical (unpaired) electrons. The highest BCUT2D eigenvalue weighted by Crippen LogP contribution is 2.39. The van der Waals surface area contributed by atoms with Crippen molar-refractivity contribution >= 4 is 28.5 Å². The topological polar surface area (TPSA) is 110 Å². The summed E-state index contributed by atoms with van der Waals surface area (Å²) >= 11 is 0. The van der Waals surface area contributed by atoms with E-state index in [1.54, 1.807) is 27.7 Å². The van der Waals surface area contributed by atoms with Gasteiger partial charge in [-0.15, -0.1) is 0 Å². The molecule has 2 aromatic heterocycles. The van der Waals surface area contributed by atoms with Crippen LogP contribution in [0.15, 0.2) is 42.9 Å². The van der Waals surface area contributed by atoms with Crippen molar-refractivity contribution in [1.29, 1.82) is 0 Å². The van der Waals surface area contributed by atoms with Gasteiger partial charge in [-0.25, -0.2) is 9.97 Å². The first-order valence-corrected chi connectivity index (χ1v) is 14.1. The number of benzene rings is 2. The largest absolute Gasteiger partial charge is 0.493 e. The molecular formula is C30H37N7O4. The maximum atomic E-state index is 9.98. The summed E-state index contributed by atoms with van der Waals surface area (Å²) in [5.41, 5.74) is 2.92. The lowest BCUT2D eigenvalue weighted by Gasteiger charge is -2.24. The van der Waals surface area contributed by atoms with Gasteiger partial charge in [0.1, 0.15) is 18.0 Å². The molecule has 4 aromatic rings. The van der Waals surface area contributed by atoms with Gasteiger partial charge < -0.3 is 34.1 Å². The lowest BCUT2D eigenvalue weighted by Crippen LogP contribution is -2.33. The number of hydrogen-bond donors (Lipinski definition) is 2. The van der Waals surface area contributed by atoms with Crippen LogP contribution in [0.5, 0.6) is 17.2 Å². The van der Waals surface area contributed by atoms with Crippen LogP contribution in [0.4, 0.5) is 17.6 Å². The molecule has 0 aliphatic carbocycles. The predicted molar refractivity (Wildman–Crippen MR) is 158 cm³/mol. The lowest BCUT2D eigenvalue weighted by molar-refractivity contribution is 0.265. The van der Waals surface area contributed by atoms with Crippen LogP contribution in [-0.4, -0.2) is 83.1 Å². The summed E-state index contributed by atoms with van der Waals surface area (Å²) in [7, 11) is 4.77. The standard InChI is InChI=1S/C30H37N7O4/c1-39-25-14-22(15-26(40-2)28(25)41-3)36-17-27(31-19-36)33-29-23-9-8-20(16-35-10-4-5-11-35)13-24(23)32-30(34-29)37-12-6-7-21(37)18-38/h8-9,13-15,17,19,21,38H,4-7,10-12,16,18H2,1-3H3,(H,32,33,34)/t21-/m0/s1. The number of ether oxygens (including phenoxy) is 3. The van der Waals surface area contributed by atoms with E-state index in [2.05, 4.69) is 38.3 Å². The van der Waals surface area contributed by atoms with Gasteiger partial charge in [0.2, 0.25) is 11.7 Å². The highest BCUT2D eigenvalue weighted by molar-refractivity contribution is 5.92. The maximum Gasteiger partial charge on any atom is 0.228 e. The van der Waals surface area contributed by atoms with Crippen molar-refractivity contribution in [2.75, 3.05) is 57.8 Å². The summed E-state index contributed by atoms with van der Waals surface area (Å²) in [6.45, 7) is 4.10. The molecule has 6 rings (SSSR count). The first kappa shape index (κ1) is 27.1. The number of fused-ring (bicyclic) bond motifs is 1. The second-order valence-electron chi connectivity index (χ2n) is 10.6. The molecule has 41 heavy (non-hydrogen) atoms. The molecule has 0 saturated carbocycles. The van der Waals surface area contributed by atoms with Gasteiger partial charge in [0.25, 0.3) is 0 Å². The van der Waals surface area contributed by atoms with Gasteiger partial charge in [0, 0.05) is 30.6 Å². The molecule has 0 unspecified atom stereocenters. The first-order chi connectivity index (χ1) is 20.1. The van der Waals surface area contributed by atoms with Crippen molar-refractivity contribution in [2.45, 2.75) is 38.3 Å². The van der Waals surface area contributed by atoms with Crippen molar-refractivity contribution in [2.24, 2.45) is 0 Å². The zero-order chi connectivity index (χ0) is 28.3. The van der Waals surface area contributed by atoms with Crippen LogP contribution < -0.4 is 24.4 Å². The zero-order valence-electron chi connectivity index (χ0n) is 23.8. The number of imidazole rings is 1. The lowest BCUT2D eigenvalue weighted by atomic mass is 10.1. The second kappa shape index (κ2) is 11.8. The fraction of sp³-hybridized carbons (Fsp3) is 0.433. The van der Waals surface area contributed by atoms with Crippen LogP contribution in [-0.2, 0) is 6.54 Å². The minimum atomic E-state index is 0.0207. The van der Waals surface area contributed by atoms with Gasteiger partial charge in [0.05, 0.1) is 51.4 Å². The Hall–Kier alpha value is -4.09. The Morgan fingerprint density at radius 1 is 0.951 bits per heavy atom. The fourth-order valence-corrected chi connectivity index (χ4v) is 5.84. The summed E-state index contributed by atoms with van der Waals surface area (Å²) in [6, 6.07) is 10.2. The average Bonchev–Trinajstić information content (AvgIpc) is 3.78. The van der Waals surface area contributed by atoms with Crippen LogP contribution in [0.25, 0.3) is 16.6 Å². The number of anilines is 3. The van der Waals surface area contributed by atoms with Crippen molar-refractivity contribution in [3.63, 3.8) is 0 Å². The summed E-state index contributed by atoms with van der Waals surface area (Å²) in [5, 5.41) is 14.3. The molecule has 2 aromatic carbocycles. The number of aromatic nitrogens is 4. The highest BCUT2D eigenvalue weighted by atomic mass is 16.5. The first-order valence-electron chi connectivity index (χ1n) is 14.1. The Morgan fingerprint density at radius 2 is 1.73 bits per heavy atom. The molecule has 4 heterocycles. The third kappa shape index (κ3) is 5.47. The number of hydrogen-bond acceptors (Lipinski definition) is 10. The van der Waals surface area contributed by atoms with Crippen molar-refractivity contribution in [1.82, 2.24) is 24.4 Å². The summed E-state index contributed by atoms with van der Waals surface area (Å²) in [5.74, 6) is 3.58. The molecule has 11 nitrogen and oxygen atoms in total. The van der Waals surface area contributed by atoms with Gasteiger partial charge in [-0.2, -0.15) is 4.98 Å². The summed E-state index contributed by atoms with van der Waals surface area (Å²) in [6.07, 6.45) is 8.06. The Morgan fingerprint density at radius 3 is 2.44 bits per heavy atom. The number of nitrogens with one attached hydrogen (secondary N) is 1. The van der Waals surface area contributed by atoms with E-state index in [0.717, 1.165) is 55.6 Å². The second-order valence-corrected chi connectivity index (χ2v) is 10.6. The van der Waals surface area contributed by atoms with E-state index < -0.39 is 0 Å². The number of methoxy groups -OCH3 is 3. The Kier molecular flexibility index (Phi) is 7.80. The van der Waals surface area contributed by atoms with Gasteiger partial charge in [-0.1, -0.05) is 6.07 Å². The Bertz CT molecular complexity index is 1490. The van der Waals surface area contributed by atoms with Crippen molar-refractivity contribution < 1.29 is 19.3 Å². The minimum absolute atomic E-state index is 0.0207. The van der Waals surface area contributed by atoms with E-state index in [1.807, 2.05) is 22.9 Å². The molecule has 0 spiro atoms. The van der Waals surface area contributed by atoms with Crippen LogP contribution in [0.1, 0.15) is 31.2 Å². The monoisotopic (exact) mass is 559 g/mol. The normalized spacial score (nSPS) is 17.4. The van der Waals surface area contributed by atoms with E-state index in [9.17, 15) is 5.11 Å². The molecule has 0 amide bonds. The summed E-state index contributed by atoms with van der Waals surface area (Å²) < 4.78 is 18.4. The number of aliphatic hydroxyl groups is 1. The van der Waals surface area contributed by atoms with Crippen LogP contribution in [0.2, 0.25) is 0 Å². The number of nitrogens with zero attached hydrogens (tertiary/aromatic N) is 6. The van der Waals surface area contributed by atoms with E-state index in [4.69, 9.17) is 24.2 Å². The van der Waals surface area contributed by atoms with Gasteiger partial charge >= 0.3 is 0 Å². The molecule has 2 aliphatic rings. The van der Waals surface area contributed by atoms with E-state index in [-0.39, 0.29) is 12.6 Å². The van der Waals surface area contributed by atoms with E-state index in [1.165, 1.54) is 18.4 Å². The van der Waals surface area contributed by atoms with Gasteiger partial charge in [-0.3, -0.25) is 4.90 Å². The molecule has 2 aliphatic heterocycles. The molecule has 0 bridgehead atoms. The predicted octanol–water partition coefficient (Wildman–Crippen LogP) is 4.14.